The lowest BCUT2D eigenvalue weighted by Crippen LogP contribution is -2.41. The number of amides is 1. The van der Waals surface area contributed by atoms with Crippen molar-refractivity contribution in [1.82, 2.24) is 9.80 Å². The van der Waals surface area contributed by atoms with Crippen LogP contribution in [0.5, 0.6) is 0 Å². The maximum atomic E-state index is 12.4. The summed E-state index contributed by atoms with van der Waals surface area (Å²) < 4.78 is 5.46. The fourth-order valence-electron chi connectivity index (χ4n) is 3.27. The molecule has 2 saturated heterocycles. The zero-order valence-electron chi connectivity index (χ0n) is 11.9. The summed E-state index contributed by atoms with van der Waals surface area (Å²) in [6, 6.07) is 4.05. The topological polar surface area (TPSA) is 62.7 Å². The van der Waals surface area contributed by atoms with Gasteiger partial charge in [0, 0.05) is 19.1 Å². The van der Waals surface area contributed by atoms with Crippen molar-refractivity contribution in [2.24, 2.45) is 5.73 Å². The second kappa shape index (κ2) is 5.97. The summed E-state index contributed by atoms with van der Waals surface area (Å²) in [5.41, 5.74) is 5.51. The Morgan fingerprint density at radius 1 is 1.25 bits per heavy atom. The van der Waals surface area contributed by atoms with E-state index >= 15 is 0 Å². The van der Waals surface area contributed by atoms with Crippen molar-refractivity contribution in [2.75, 3.05) is 26.2 Å². The molecule has 0 aromatic carbocycles. The van der Waals surface area contributed by atoms with Crippen LogP contribution in [0.2, 0.25) is 0 Å². The van der Waals surface area contributed by atoms with E-state index in [4.69, 9.17) is 10.2 Å². The van der Waals surface area contributed by atoms with Gasteiger partial charge in [0.1, 0.15) is 5.76 Å². The normalized spacial score (nSPS) is 24.2. The van der Waals surface area contributed by atoms with Gasteiger partial charge in [-0.1, -0.05) is 6.42 Å². The number of piperidine rings is 1. The van der Waals surface area contributed by atoms with Crippen LogP contribution < -0.4 is 5.73 Å². The Bertz CT molecular complexity index is 465. The monoisotopic (exact) mass is 277 g/mol. The number of furan rings is 1. The average molecular weight is 277 g/mol. The number of carbonyl (C=O) groups excluding carboxylic acids is 1. The molecule has 2 fully saturated rings. The minimum absolute atomic E-state index is 0.00390. The third-order valence-corrected chi connectivity index (χ3v) is 4.43. The molecule has 0 radical (unpaired) electrons. The predicted molar refractivity (Wildman–Crippen MR) is 76.3 cm³/mol. The molecule has 1 amide bonds. The van der Waals surface area contributed by atoms with Crippen LogP contribution in [0.15, 0.2) is 16.5 Å². The molecule has 0 saturated carbocycles. The van der Waals surface area contributed by atoms with Gasteiger partial charge in [-0.25, -0.2) is 0 Å². The fraction of sp³-hybridized carbons (Fsp3) is 0.667. The van der Waals surface area contributed by atoms with Crippen molar-refractivity contribution in [1.29, 1.82) is 0 Å². The molecular formula is C15H23N3O2. The molecule has 1 aromatic heterocycles. The summed E-state index contributed by atoms with van der Waals surface area (Å²) in [4.78, 5) is 16.8. The Morgan fingerprint density at radius 3 is 2.75 bits per heavy atom. The van der Waals surface area contributed by atoms with Crippen LogP contribution in [0.25, 0.3) is 0 Å². The molecule has 1 aromatic rings. The van der Waals surface area contributed by atoms with E-state index in [1.54, 1.807) is 12.1 Å². The van der Waals surface area contributed by atoms with Gasteiger partial charge in [0.2, 0.25) is 0 Å². The van der Waals surface area contributed by atoms with Crippen LogP contribution in [0.3, 0.4) is 0 Å². The molecule has 5 nitrogen and oxygen atoms in total. The first kappa shape index (κ1) is 13.6. The second-order valence-corrected chi connectivity index (χ2v) is 5.76. The van der Waals surface area contributed by atoms with Crippen molar-refractivity contribution in [3.8, 4) is 0 Å². The Labute approximate surface area is 119 Å². The summed E-state index contributed by atoms with van der Waals surface area (Å²) in [7, 11) is 0. The molecule has 5 heteroatoms. The first-order chi connectivity index (χ1) is 9.78. The third kappa shape index (κ3) is 2.74. The maximum Gasteiger partial charge on any atom is 0.289 e. The number of carbonyl (C=O) groups is 1. The second-order valence-electron chi connectivity index (χ2n) is 5.76. The van der Waals surface area contributed by atoms with E-state index in [0.29, 0.717) is 24.1 Å². The van der Waals surface area contributed by atoms with E-state index in [-0.39, 0.29) is 5.91 Å². The van der Waals surface area contributed by atoms with Gasteiger partial charge in [-0.15, -0.1) is 0 Å². The number of hydrogen-bond donors (Lipinski definition) is 1. The van der Waals surface area contributed by atoms with Gasteiger partial charge < -0.3 is 15.1 Å². The Morgan fingerprint density at radius 2 is 2.05 bits per heavy atom. The summed E-state index contributed by atoms with van der Waals surface area (Å²) >= 11 is 0. The lowest BCUT2D eigenvalue weighted by atomic mass is 10.1. The molecule has 2 aliphatic rings. The number of nitrogens with two attached hydrogens (primary N) is 1. The summed E-state index contributed by atoms with van der Waals surface area (Å²) in [6.45, 7) is 4.37. The predicted octanol–water partition coefficient (Wildman–Crippen LogP) is 1.44. The highest BCUT2D eigenvalue weighted by molar-refractivity contribution is 5.91. The number of rotatable bonds is 3. The average Bonchev–Trinajstić information content (AvgIpc) is 3.17. The van der Waals surface area contributed by atoms with Crippen molar-refractivity contribution in [2.45, 2.75) is 38.3 Å². The van der Waals surface area contributed by atoms with Crippen LogP contribution >= 0.6 is 0 Å². The van der Waals surface area contributed by atoms with Gasteiger partial charge in [0.25, 0.3) is 5.91 Å². The summed E-state index contributed by atoms with van der Waals surface area (Å²) in [6.07, 6.45) is 5.02. The lowest BCUT2D eigenvalue weighted by Gasteiger charge is -2.32. The molecule has 0 aliphatic carbocycles. The maximum absolute atomic E-state index is 12.4. The van der Waals surface area contributed by atoms with E-state index in [9.17, 15) is 4.79 Å². The van der Waals surface area contributed by atoms with Crippen LogP contribution in [0.1, 0.15) is 42.0 Å². The van der Waals surface area contributed by atoms with E-state index in [1.807, 2.05) is 4.90 Å². The summed E-state index contributed by atoms with van der Waals surface area (Å²) in [5.74, 6) is 1.09. The molecule has 3 rings (SSSR count). The molecule has 1 atom stereocenters. The van der Waals surface area contributed by atoms with Gasteiger partial charge in [-0.3, -0.25) is 9.69 Å². The van der Waals surface area contributed by atoms with Crippen molar-refractivity contribution >= 4 is 5.91 Å². The highest BCUT2D eigenvalue weighted by Gasteiger charge is 2.32. The van der Waals surface area contributed by atoms with Crippen molar-refractivity contribution in [3.63, 3.8) is 0 Å². The minimum atomic E-state index is 0.00390. The molecule has 0 spiro atoms. The van der Waals surface area contributed by atoms with E-state index in [1.165, 1.54) is 32.4 Å². The zero-order chi connectivity index (χ0) is 13.9. The van der Waals surface area contributed by atoms with Crippen LogP contribution in [0, 0.1) is 0 Å². The van der Waals surface area contributed by atoms with Gasteiger partial charge in [-0.05, 0) is 44.5 Å². The van der Waals surface area contributed by atoms with Gasteiger partial charge in [0.15, 0.2) is 5.76 Å². The number of nitrogens with zero attached hydrogens (tertiary/aromatic N) is 2. The molecule has 0 bridgehead atoms. The largest absolute Gasteiger partial charge is 0.455 e. The molecule has 2 aliphatic heterocycles. The van der Waals surface area contributed by atoms with Crippen LogP contribution in [0.4, 0.5) is 0 Å². The number of hydrogen-bond acceptors (Lipinski definition) is 4. The van der Waals surface area contributed by atoms with E-state index in [2.05, 4.69) is 4.90 Å². The molecule has 1 unspecified atom stereocenters. The quantitative estimate of drug-likeness (QED) is 0.908. The van der Waals surface area contributed by atoms with Gasteiger partial charge in [-0.2, -0.15) is 0 Å². The highest BCUT2D eigenvalue weighted by atomic mass is 16.4. The molecule has 20 heavy (non-hydrogen) atoms. The van der Waals surface area contributed by atoms with Crippen molar-refractivity contribution in [3.05, 3.63) is 23.7 Å². The lowest BCUT2D eigenvalue weighted by molar-refractivity contribution is 0.0738. The van der Waals surface area contributed by atoms with E-state index < -0.39 is 0 Å². The zero-order valence-corrected chi connectivity index (χ0v) is 11.9. The van der Waals surface area contributed by atoms with Gasteiger partial charge >= 0.3 is 0 Å². The first-order valence-corrected chi connectivity index (χ1v) is 7.60. The molecular weight excluding hydrogens is 254 g/mol. The summed E-state index contributed by atoms with van der Waals surface area (Å²) in [5, 5.41) is 0. The Kier molecular flexibility index (Phi) is 4.08. The fourth-order valence-corrected chi connectivity index (χ4v) is 3.27. The van der Waals surface area contributed by atoms with Crippen molar-refractivity contribution < 1.29 is 9.21 Å². The first-order valence-electron chi connectivity index (χ1n) is 7.60. The Hall–Kier alpha value is -1.33. The van der Waals surface area contributed by atoms with Crippen LogP contribution in [-0.4, -0.2) is 47.9 Å². The molecule has 110 valence electrons. The third-order valence-electron chi connectivity index (χ3n) is 4.43. The minimum Gasteiger partial charge on any atom is -0.455 e. The van der Waals surface area contributed by atoms with Gasteiger partial charge in [0.05, 0.1) is 6.54 Å². The van der Waals surface area contributed by atoms with E-state index in [0.717, 1.165) is 19.5 Å². The molecule has 2 N–H and O–H groups in total. The smallest absolute Gasteiger partial charge is 0.289 e. The molecule has 3 heterocycles. The Balaban J connectivity index is 1.60. The SMILES string of the molecule is NCc1ccc(C(=O)N2CCC(N3CCCCC3)C2)o1. The highest BCUT2D eigenvalue weighted by Crippen LogP contribution is 2.22. The van der Waals surface area contributed by atoms with Crippen LogP contribution in [-0.2, 0) is 6.54 Å². The number of likely N-dealkylation sites (tertiary alicyclic amines) is 2. The standard InChI is InChI=1S/C15H23N3O2/c16-10-13-4-5-14(20-13)15(19)18-9-6-12(11-18)17-7-2-1-3-8-17/h4-5,12H,1-3,6-11,16H2.